The molecular formula is C13H19ClN2O3S2. The second kappa shape index (κ2) is 6.75. The van der Waals surface area contributed by atoms with Gasteiger partial charge in [-0.2, -0.15) is 16.1 Å². The van der Waals surface area contributed by atoms with Crippen LogP contribution < -0.4 is 10.5 Å². The molecule has 21 heavy (non-hydrogen) atoms. The summed E-state index contributed by atoms with van der Waals surface area (Å²) in [6.07, 6.45) is 0. The quantitative estimate of drug-likeness (QED) is 0.898. The summed E-state index contributed by atoms with van der Waals surface area (Å²) in [6, 6.07) is 3.06. The van der Waals surface area contributed by atoms with Crippen LogP contribution in [0.2, 0.25) is 5.02 Å². The van der Waals surface area contributed by atoms with Gasteiger partial charge in [0.2, 0.25) is 10.0 Å². The van der Waals surface area contributed by atoms with E-state index in [-0.39, 0.29) is 22.4 Å². The van der Waals surface area contributed by atoms with Gasteiger partial charge in [-0.15, -0.1) is 0 Å². The SMILES string of the molecule is COc1c(CN)cc(Cl)cc1S(=O)(=O)N1CCSC(C)C1. The van der Waals surface area contributed by atoms with E-state index in [0.29, 0.717) is 23.7 Å². The first-order chi connectivity index (χ1) is 9.90. The van der Waals surface area contributed by atoms with Crippen LogP contribution in [0.1, 0.15) is 12.5 Å². The molecule has 1 aliphatic heterocycles. The minimum absolute atomic E-state index is 0.0945. The maximum atomic E-state index is 12.9. The minimum Gasteiger partial charge on any atom is -0.495 e. The molecule has 1 unspecified atom stereocenters. The van der Waals surface area contributed by atoms with E-state index in [1.165, 1.54) is 17.5 Å². The van der Waals surface area contributed by atoms with Crippen molar-refractivity contribution in [3.8, 4) is 5.75 Å². The summed E-state index contributed by atoms with van der Waals surface area (Å²) < 4.78 is 32.5. The average molecular weight is 351 g/mol. The third-order valence-electron chi connectivity index (χ3n) is 3.34. The fourth-order valence-corrected chi connectivity index (χ4v) is 5.62. The van der Waals surface area contributed by atoms with Crippen LogP contribution in [0, 0.1) is 0 Å². The monoisotopic (exact) mass is 350 g/mol. The molecule has 1 fully saturated rings. The second-order valence-electron chi connectivity index (χ2n) is 4.84. The summed E-state index contributed by atoms with van der Waals surface area (Å²) >= 11 is 7.80. The molecule has 0 amide bonds. The zero-order chi connectivity index (χ0) is 15.6. The normalized spacial score (nSPS) is 20.5. The van der Waals surface area contributed by atoms with E-state index < -0.39 is 10.0 Å². The molecule has 8 heteroatoms. The smallest absolute Gasteiger partial charge is 0.246 e. The summed E-state index contributed by atoms with van der Waals surface area (Å²) in [7, 11) is -2.20. The van der Waals surface area contributed by atoms with Crippen LogP contribution in [0.25, 0.3) is 0 Å². The van der Waals surface area contributed by atoms with E-state index in [0.717, 1.165) is 5.75 Å². The number of hydrogen-bond donors (Lipinski definition) is 1. The summed E-state index contributed by atoms with van der Waals surface area (Å²) in [4.78, 5) is 0.0945. The Morgan fingerprint density at radius 1 is 1.52 bits per heavy atom. The molecule has 2 rings (SSSR count). The molecule has 5 nitrogen and oxygen atoms in total. The molecule has 1 aromatic rings. The van der Waals surface area contributed by atoms with E-state index in [9.17, 15) is 8.42 Å². The lowest BCUT2D eigenvalue weighted by Crippen LogP contribution is -2.41. The lowest BCUT2D eigenvalue weighted by molar-refractivity contribution is 0.388. The molecule has 0 aliphatic carbocycles. The third-order valence-corrected chi connectivity index (χ3v) is 6.57. The van der Waals surface area contributed by atoms with Gasteiger partial charge in [-0.1, -0.05) is 18.5 Å². The van der Waals surface area contributed by atoms with Gasteiger partial charge in [0.25, 0.3) is 0 Å². The first kappa shape index (κ1) is 16.9. The molecule has 0 aromatic heterocycles. The van der Waals surface area contributed by atoms with Crippen molar-refractivity contribution < 1.29 is 13.2 Å². The van der Waals surface area contributed by atoms with Crippen molar-refractivity contribution in [3.05, 3.63) is 22.7 Å². The molecule has 0 spiro atoms. The van der Waals surface area contributed by atoms with Crippen molar-refractivity contribution in [2.24, 2.45) is 5.73 Å². The standard InChI is InChI=1S/C13H19ClN2O3S2/c1-9-8-16(3-4-20-9)21(17,18)12-6-11(14)5-10(7-15)13(12)19-2/h5-6,9H,3-4,7-8,15H2,1-2H3. The number of halogens is 1. The largest absolute Gasteiger partial charge is 0.495 e. The summed E-state index contributed by atoms with van der Waals surface area (Å²) in [5.41, 5.74) is 6.24. The van der Waals surface area contributed by atoms with Gasteiger partial charge in [0.05, 0.1) is 7.11 Å². The van der Waals surface area contributed by atoms with Crippen LogP contribution in [0.5, 0.6) is 5.75 Å². The Balaban J connectivity index is 2.51. The van der Waals surface area contributed by atoms with E-state index in [1.54, 1.807) is 17.8 Å². The number of benzene rings is 1. The fraction of sp³-hybridized carbons (Fsp3) is 0.538. The van der Waals surface area contributed by atoms with Crippen molar-refractivity contribution in [1.82, 2.24) is 4.31 Å². The zero-order valence-electron chi connectivity index (χ0n) is 12.0. The van der Waals surface area contributed by atoms with Gasteiger partial charge in [0.15, 0.2) is 0 Å². The average Bonchev–Trinajstić information content (AvgIpc) is 2.46. The van der Waals surface area contributed by atoms with Crippen molar-refractivity contribution in [3.63, 3.8) is 0 Å². The Morgan fingerprint density at radius 2 is 2.24 bits per heavy atom. The number of nitrogens with zero attached hydrogens (tertiary/aromatic N) is 1. The predicted octanol–water partition coefficient (Wildman–Crippen LogP) is 1.93. The molecule has 1 heterocycles. The first-order valence-electron chi connectivity index (χ1n) is 6.58. The molecule has 0 radical (unpaired) electrons. The number of sulfonamides is 1. The van der Waals surface area contributed by atoms with Crippen molar-refractivity contribution in [1.29, 1.82) is 0 Å². The van der Waals surface area contributed by atoms with Crippen molar-refractivity contribution in [2.75, 3.05) is 26.0 Å². The highest BCUT2D eigenvalue weighted by atomic mass is 35.5. The molecule has 118 valence electrons. The molecule has 2 N–H and O–H groups in total. The van der Waals surface area contributed by atoms with Crippen LogP contribution in [0.3, 0.4) is 0 Å². The maximum Gasteiger partial charge on any atom is 0.246 e. The molecule has 0 bridgehead atoms. The van der Waals surface area contributed by atoms with Gasteiger partial charge in [0.1, 0.15) is 10.6 Å². The number of nitrogens with two attached hydrogens (primary N) is 1. The number of rotatable bonds is 4. The number of thioether (sulfide) groups is 1. The van der Waals surface area contributed by atoms with E-state index in [2.05, 4.69) is 0 Å². The van der Waals surface area contributed by atoms with Gasteiger partial charge in [-0.25, -0.2) is 8.42 Å². The van der Waals surface area contributed by atoms with Gasteiger partial charge >= 0.3 is 0 Å². The molecule has 1 saturated heterocycles. The highest BCUT2D eigenvalue weighted by Crippen LogP contribution is 2.34. The highest BCUT2D eigenvalue weighted by Gasteiger charge is 2.32. The van der Waals surface area contributed by atoms with Crippen LogP contribution in [-0.2, 0) is 16.6 Å². The van der Waals surface area contributed by atoms with Gasteiger partial charge in [-0.05, 0) is 12.1 Å². The zero-order valence-corrected chi connectivity index (χ0v) is 14.4. The Labute approximate surface area is 134 Å². The van der Waals surface area contributed by atoms with E-state index >= 15 is 0 Å². The molecule has 0 saturated carbocycles. The minimum atomic E-state index is -3.64. The number of ether oxygens (including phenoxy) is 1. The fourth-order valence-electron chi connectivity index (χ4n) is 2.34. The lowest BCUT2D eigenvalue weighted by Gasteiger charge is -2.30. The topological polar surface area (TPSA) is 72.6 Å². The van der Waals surface area contributed by atoms with Crippen molar-refractivity contribution in [2.45, 2.75) is 23.6 Å². The van der Waals surface area contributed by atoms with Crippen LogP contribution in [0.15, 0.2) is 17.0 Å². The van der Waals surface area contributed by atoms with Crippen LogP contribution >= 0.6 is 23.4 Å². The van der Waals surface area contributed by atoms with Gasteiger partial charge in [-0.3, -0.25) is 0 Å². The van der Waals surface area contributed by atoms with Crippen LogP contribution in [0.4, 0.5) is 0 Å². The van der Waals surface area contributed by atoms with E-state index in [1.807, 2.05) is 6.92 Å². The first-order valence-corrected chi connectivity index (χ1v) is 9.45. The lowest BCUT2D eigenvalue weighted by atomic mass is 10.2. The third kappa shape index (κ3) is 3.48. The van der Waals surface area contributed by atoms with Gasteiger partial charge in [0, 0.05) is 41.2 Å². The Hall–Kier alpha value is -0.470. The highest BCUT2D eigenvalue weighted by molar-refractivity contribution is 8.00. The Bertz CT molecular complexity index is 622. The van der Waals surface area contributed by atoms with E-state index in [4.69, 9.17) is 22.1 Å². The Kier molecular flexibility index (Phi) is 5.43. The summed E-state index contributed by atoms with van der Waals surface area (Å²) in [5.74, 6) is 1.07. The second-order valence-corrected chi connectivity index (χ2v) is 8.73. The molecule has 1 aromatic carbocycles. The molecule has 1 aliphatic rings. The Morgan fingerprint density at radius 3 is 2.81 bits per heavy atom. The summed E-state index contributed by atoms with van der Waals surface area (Å²) in [5, 5.41) is 0.613. The predicted molar refractivity (Wildman–Crippen MR) is 86.6 cm³/mol. The molecular weight excluding hydrogens is 332 g/mol. The van der Waals surface area contributed by atoms with Crippen molar-refractivity contribution >= 4 is 33.4 Å². The summed E-state index contributed by atoms with van der Waals surface area (Å²) in [6.45, 7) is 3.16. The number of methoxy groups -OCH3 is 1. The maximum absolute atomic E-state index is 12.9. The number of hydrogen-bond acceptors (Lipinski definition) is 5. The van der Waals surface area contributed by atoms with Gasteiger partial charge < -0.3 is 10.5 Å². The molecule has 1 atom stereocenters. The van der Waals surface area contributed by atoms with Crippen LogP contribution in [-0.4, -0.2) is 43.9 Å².